The van der Waals surface area contributed by atoms with E-state index < -0.39 is 0 Å². The van der Waals surface area contributed by atoms with Gasteiger partial charge in [0, 0.05) is 12.1 Å². The fourth-order valence-corrected chi connectivity index (χ4v) is 3.51. The average Bonchev–Trinajstić information content (AvgIpc) is 3.01. The molecule has 0 aromatic carbocycles. The van der Waals surface area contributed by atoms with Crippen molar-refractivity contribution in [3.05, 3.63) is 0 Å². The normalized spacial score (nSPS) is 40.6. The van der Waals surface area contributed by atoms with Crippen LogP contribution in [0.1, 0.15) is 51.4 Å². The lowest BCUT2D eigenvalue weighted by Gasteiger charge is -2.40. The van der Waals surface area contributed by atoms with E-state index in [0.29, 0.717) is 6.04 Å². The number of piperidine rings is 1. The van der Waals surface area contributed by atoms with Crippen LogP contribution in [0.25, 0.3) is 0 Å². The van der Waals surface area contributed by atoms with Crippen molar-refractivity contribution in [3.63, 3.8) is 0 Å². The molecular weight excluding hydrogens is 184 g/mol. The van der Waals surface area contributed by atoms with Crippen molar-refractivity contribution in [2.75, 3.05) is 13.1 Å². The number of rotatable bonds is 1. The van der Waals surface area contributed by atoms with Gasteiger partial charge in [0.25, 0.3) is 0 Å². The largest absolute Gasteiger partial charge is 0.328 e. The Balaban J connectivity index is 1.51. The van der Waals surface area contributed by atoms with Crippen molar-refractivity contribution in [1.82, 2.24) is 4.90 Å². The van der Waals surface area contributed by atoms with E-state index >= 15 is 0 Å². The van der Waals surface area contributed by atoms with Gasteiger partial charge in [-0.2, -0.15) is 0 Å². The summed E-state index contributed by atoms with van der Waals surface area (Å²) in [5.74, 6) is 0. The van der Waals surface area contributed by atoms with E-state index in [0.717, 1.165) is 11.5 Å². The zero-order chi connectivity index (χ0) is 10.3. The van der Waals surface area contributed by atoms with Gasteiger partial charge in [0.2, 0.25) is 0 Å². The maximum atomic E-state index is 5.96. The van der Waals surface area contributed by atoms with Crippen LogP contribution in [0, 0.1) is 5.41 Å². The second kappa shape index (κ2) is 3.74. The molecule has 15 heavy (non-hydrogen) atoms. The number of hydrogen-bond acceptors (Lipinski definition) is 2. The molecule has 0 aromatic heterocycles. The standard InChI is InChI=1S/C13H24N2/c14-11-1-3-12(4-2-11)15-9-7-13(5-6-13)8-10-15/h11-12H,1-10,14H2/t11-,12-. The Morgan fingerprint density at radius 2 is 1.47 bits per heavy atom. The van der Waals surface area contributed by atoms with Gasteiger partial charge in [0.15, 0.2) is 0 Å². The highest BCUT2D eigenvalue weighted by Crippen LogP contribution is 2.53. The van der Waals surface area contributed by atoms with E-state index in [-0.39, 0.29) is 0 Å². The van der Waals surface area contributed by atoms with Crippen molar-refractivity contribution in [2.24, 2.45) is 11.1 Å². The molecular formula is C13H24N2. The SMILES string of the molecule is N[C@H]1CC[C@H](N2CCC3(CC2)CC3)CC1. The molecule has 1 spiro atoms. The molecule has 0 atom stereocenters. The monoisotopic (exact) mass is 208 g/mol. The Morgan fingerprint density at radius 1 is 0.867 bits per heavy atom. The summed E-state index contributed by atoms with van der Waals surface area (Å²) in [7, 11) is 0. The molecule has 1 saturated heterocycles. The lowest BCUT2D eigenvalue weighted by atomic mass is 9.87. The summed E-state index contributed by atoms with van der Waals surface area (Å²) >= 11 is 0. The minimum absolute atomic E-state index is 0.501. The maximum absolute atomic E-state index is 5.96. The molecule has 0 amide bonds. The van der Waals surface area contributed by atoms with Crippen LogP contribution in [0.3, 0.4) is 0 Å². The molecule has 2 saturated carbocycles. The summed E-state index contributed by atoms with van der Waals surface area (Å²) in [6, 6.07) is 1.38. The van der Waals surface area contributed by atoms with E-state index in [2.05, 4.69) is 4.90 Å². The average molecular weight is 208 g/mol. The summed E-state index contributed by atoms with van der Waals surface area (Å²) in [5.41, 5.74) is 6.80. The fourth-order valence-electron chi connectivity index (χ4n) is 3.51. The first-order chi connectivity index (χ1) is 7.27. The molecule has 2 heteroatoms. The molecule has 2 N–H and O–H groups in total. The van der Waals surface area contributed by atoms with Gasteiger partial charge in [0.1, 0.15) is 0 Å². The Labute approximate surface area is 93.2 Å². The van der Waals surface area contributed by atoms with Crippen LogP contribution in [-0.2, 0) is 0 Å². The highest BCUT2D eigenvalue weighted by atomic mass is 15.2. The minimum atomic E-state index is 0.501. The Hall–Kier alpha value is -0.0800. The molecule has 1 aliphatic heterocycles. The predicted molar refractivity (Wildman–Crippen MR) is 62.7 cm³/mol. The molecule has 3 aliphatic rings. The first-order valence-corrected chi connectivity index (χ1v) is 6.77. The van der Waals surface area contributed by atoms with Gasteiger partial charge in [-0.3, -0.25) is 0 Å². The first kappa shape index (κ1) is 10.1. The summed E-state index contributed by atoms with van der Waals surface area (Å²) in [6.45, 7) is 2.75. The van der Waals surface area contributed by atoms with Gasteiger partial charge < -0.3 is 10.6 Å². The van der Waals surface area contributed by atoms with Crippen molar-refractivity contribution >= 4 is 0 Å². The van der Waals surface area contributed by atoms with Crippen LogP contribution in [0.2, 0.25) is 0 Å². The van der Waals surface area contributed by atoms with Crippen molar-refractivity contribution in [1.29, 1.82) is 0 Å². The molecule has 3 rings (SSSR count). The summed E-state index contributed by atoms with van der Waals surface area (Å²) in [4.78, 5) is 2.76. The molecule has 3 fully saturated rings. The summed E-state index contributed by atoms with van der Waals surface area (Å²) in [6.07, 6.45) is 11.2. The van der Waals surface area contributed by atoms with Crippen LogP contribution in [-0.4, -0.2) is 30.1 Å². The van der Waals surface area contributed by atoms with E-state index in [9.17, 15) is 0 Å². The molecule has 1 heterocycles. The zero-order valence-corrected chi connectivity index (χ0v) is 9.75. The first-order valence-electron chi connectivity index (χ1n) is 6.77. The van der Waals surface area contributed by atoms with Gasteiger partial charge >= 0.3 is 0 Å². The van der Waals surface area contributed by atoms with Gasteiger partial charge in [-0.05, 0) is 69.9 Å². The highest BCUT2D eigenvalue weighted by Gasteiger charge is 2.45. The fraction of sp³-hybridized carbons (Fsp3) is 1.00. The number of hydrogen-bond donors (Lipinski definition) is 1. The van der Waals surface area contributed by atoms with Crippen LogP contribution >= 0.6 is 0 Å². The second-order valence-corrected chi connectivity index (χ2v) is 6.10. The Bertz CT molecular complexity index is 217. The third-order valence-electron chi connectivity index (χ3n) is 5.07. The van der Waals surface area contributed by atoms with Crippen molar-refractivity contribution in [2.45, 2.75) is 63.5 Å². The molecule has 2 aliphatic carbocycles. The molecule has 0 aromatic rings. The highest BCUT2D eigenvalue weighted by molar-refractivity contribution is 4.98. The van der Waals surface area contributed by atoms with Crippen LogP contribution in [0.15, 0.2) is 0 Å². The van der Waals surface area contributed by atoms with E-state index in [1.54, 1.807) is 0 Å². The van der Waals surface area contributed by atoms with Crippen LogP contribution in [0.4, 0.5) is 0 Å². The minimum Gasteiger partial charge on any atom is -0.328 e. The van der Waals surface area contributed by atoms with E-state index in [1.165, 1.54) is 64.5 Å². The zero-order valence-electron chi connectivity index (χ0n) is 9.75. The lowest BCUT2D eigenvalue weighted by molar-refractivity contribution is 0.0961. The molecule has 2 nitrogen and oxygen atoms in total. The number of likely N-dealkylation sites (tertiary alicyclic amines) is 1. The smallest absolute Gasteiger partial charge is 0.00964 e. The molecule has 86 valence electrons. The van der Waals surface area contributed by atoms with Gasteiger partial charge in [-0.25, -0.2) is 0 Å². The molecule has 0 bridgehead atoms. The topological polar surface area (TPSA) is 29.3 Å². The summed E-state index contributed by atoms with van der Waals surface area (Å²) in [5, 5.41) is 0. The van der Waals surface area contributed by atoms with E-state index in [4.69, 9.17) is 5.73 Å². The Kier molecular flexibility index (Phi) is 2.52. The Morgan fingerprint density at radius 3 is 2.00 bits per heavy atom. The van der Waals surface area contributed by atoms with E-state index in [1.807, 2.05) is 0 Å². The predicted octanol–water partition coefficient (Wildman–Crippen LogP) is 2.13. The number of nitrogens with two attached hydrogens (primary N) is 1. The molecule has 0 unspecified atom stereocenters. The van der Waals surface area contributed by atoms with Crippen LogP contribution < -0.4 is 5.73 Å². The second-order valence-electron chi connectivity index (χ2n) is 6.10. The maximum Gasteiger partial charge on any atom is 0.00964 e. The third kappa shape index (κ3) is 2.07. The molecule has 0 radical (unpaired) electrons. The summed E-state index contributed by atoms with van der Waals surface area (Å²) < 4.78 is 0. The van der Waals surface area contributed by atoms with Crippen LogP contribution in [0.5, 0.6) is 0 Å². The quantitative estimate of drug-likeness (QED) is 0.715. The van der Waals surface area contributed by atoms with Gasteiger partial charge in [-0.15, -0.1) is 0 Å². The lowest BCUT2D eigenvalue weighted by Crippen LogP contribution is -2.45. The third-order valence-corrected chi connectivity index (χ3v) is 5.07. The van der Waals surface area contributed by atoms with Crippen molar-refractivity contribution < 1.29 is 0 Å². The van der Waals surface area contributed by atoms with Crippen molar-refractivity contribution in [3.8, 4) is 0 Å². The number of nitrogens with zero attached hydrogens (tertiary/aromatic N) is 1. The van der Waals surface area contributed by atoms with Gasteiger partial charge in [0.05, 0.1) is 0 Å². The van der Waals surface area contributed by atoms with Gasteiger partial charge in [-0.1, -0.05) is 0 Å².